The molecule has 0 aromatic heterocycles. The van der Waals surface area contributed by atoms with E-state index >= 15 is 0 Å². The summed E-state index contributed by atoms with van der Waals surface area (Å²) >= 11 is 0. The van der Waals surface area contributed by atoms with Crippen LogP contribution in [-0.4, -0.2) is 69.7 Å². The molecule has 0 spiro atoms. The second-order valence-electron chi connectivity index (χ2n) is 5.19. The van der Waals surface area contributed by atoms with Gasteiger partial charge in [-0.05, 0) is 12.8 Å². The molecule has 12 nitrogen and oxygen atoms in total. The molecule has 0 fully saturated rings. The van der Waals surface area contributed by atoms with Crippen LogP contribution in [0.4, 0.5) is 0 Å². The number of carbonyl (C=O) groups is 5. The number of hydrogen-bond donors (Lipinski definition) is 7. The van der Waals surface area contributed by atoms with Crippen LogP contribution in [0.25, 0.3) is 0 Å². The lowest BCUT2D eigenvalue weighted by Gasteiger charge is -2.22. The molecule has 9 N–H and O–H groups in total. The zero-order valence-electron chi connectivity index (χ0n) is 13.3. The van der Waals surface area contributed by atoms with Crippen LogP contribution in [0.5, 0.6) is 0 Å². The third kappa shape index (κ3) is 9.22. The summed E-state index contributed by atoms with van der Waals surface area (Å²) in [5.41, 5.74) is 10.2. The topological polar surface area (TPSA) is 222 Å². The van der Waals surface area contributed by atoms with Crippen molar-refractivity contribution in [1.82, 2.24) is 10.6 Å². The van der Waals surface area contributed by atoms with Gasteiger partial charge in [-0.25, -0.2) is 4.79 Å². The van der Waals surface area contributed by atoms with Crippen LogP contribution in [0.1, 0.15) is 25.7 Å². The third-order valence-electron chi connectivity index (χ3n) is 3.11. The molecule has 0 aliphatic heterocycles. The number of aliphatic carboxylic acids is 2. The molecule has 0 aromatic carbocycles. The number of nitrogens with two attached hydrogens (primary N) is 2. The minimum atomic E-state index is -1.45. The first-order valence-corrected chi connectivity index (χ1v) is 7.28. The van der Waals surface area contributed by atoms with E-state index in [-0.39, 0.29) is 19.3 Å². The minimum Gasteiger partial charge on any atom is -0.481 e. The van der Waals surface area contributed by atoms with Crippen molar-refractivity contribution in [3.63, 3.8) is 0 Å². The van der Waals surface area contributed by atoms with Crippen LogP contribution in [0, 0.1) is 0 Å². The summed E-state index contributed by atoms with van der Waals surface area (Å²) in [7, 11) is 0. The highest BCUT2D eigenvalue weighted by Crippen LogP contribution is 2.03. The van der Waals surface area contributed by atoms with Gasteiger partial charge >= 0.3 is 11.9 Å². The maximum absolute atomic E-state index is 12.2. The first kappa shape index (κ1) is 22.3. The van der Waals surface area contributed by atoms with Gasteiger partial charge in [-0.2, -0.15) is 0 Å². The molecule has 12 heteroatoms. The smallest absolute Gasteiger partial charge is 0.326 e. The lowest BCUT2D eigenvalue weighted by molar-refractivity contribution is -0.143. The van der Waals surface area contributed by atoms with Crippen LogP contribution in [0.15, 0.2) is 0 Å². The molecule has 0 radical (unpaired) electrons. The summed E-state index contributed by atoms with van der Waals surface area (Å²) in [6, 6.07) is -4.15. The zero-order valence-corrected chi connectivity index (χ0v) is 13.3. The number of rotatable bonds is 12. The van der Waals surface area contributed by atoms with Gasteiger partial charge < -0.3 is 37.4 Å². The SMILES string of the molecule is NC(=O)CC[C@H](NC(=O)[C@H](CCC(=O)O)NC(=O)[C@@H](N)CO)C(=O)O. The van der Waals surface area contributed by atoms with Crippen LogP contribution in [0.2, 0.25) is 0 Å². The van der Waals surface area contributed by atoms with Gasteiger partial charge in [0.25, 0.3) is 0 Å². The lowest BCUT2D eigenvalue weighted by atomic mass is 10.1. The molecule has 3 amide bonds. The Balaban J connectivity index is 5.02. The Morgan fingerprint density at radius 1 is 0.880 bits per heavy atom. The molecular weight excluding hydrogens is 340 g/mol. The summed E-state index contributed by atoms with van der Waals surface area (Å²) in [5.74, 6) is -5.29. The normalized spacial score (nSPS) is 14.0. The van der Waals surface area contributed by atoms with E-state index in [1.807, 2.05) is 0 Å². The van der Waals surface area contributed by atoms with Crippen molar-refractivity contribution in [1.29, 1.82) is 0 Å². The van der Waals surface area contributed by atoms with Crippen LogP contribution < -0.4 is 22.1 Å². The Labute approximate surface area is 142 Å². The average molecular weight is 362 g/mol. The summed E-state index contributed by atoms with van der Waals surface area (Å²) in [6.07, 6.45) is -1.37. The van der Waals surface area contributed by atoms with E-state index in [0.29, 0.717) is 0 Å². The molecule has 0 saturated carbocycles. The molecule has 0 saturated heterocycles. The summed E-state index contributed by atoms with van der Waals surface area (Å²) in [4.78, 5) is 56.3. The zero-order chi connectivity index (χ0) is 19.6. The molecule has 0 aromatic rings. The fourth-order valence-corrected chi connectivity index (χ4v) is 1.71. The Morgan fingerprint density at radius 2 is 1.40 bits per heavy atom. The molecule has 0 rings (SSSR count). The van der Waals surface area contributed by atoms with Crippen molar-refractivity contribution in [3.05, 3.63) is 0 Å². The number of primary amides is 1. The van der Waals surface area contributed by atoms with Crippen molar-refractivity contribution in [3.8, 4) is 0 Å². The fraction of sp³-hybridized carbons (Fsp3) is 0.615. The first-order chi connectivity index (χ1) is 11.6. The number of nitrogens with one attached hydrogen (secondary N) is 2. The Kier molecular flexibility index (Phi) is 9.74. The monoisotopic (exact) mass is 362 g/mol. The van der Waals surface area contributed by atoms with Gasteiger partial charge in [0.05, 0.1) is 6.61 Å². The molecule has 142 valence electrons. The number of aliphatic hydroxyl groups is 1. The van der Waals surface area contributed by atoms with Gasteiger partial charge in [-0.3, -0.25) is 19.2 Å². The van der Waals surface area contributed by atoms with Gasteiger partial charge in [0.2, 0.25) is 17.7 Å². The van der Waals surface area contributed by atoms with Crippen molar-refractivity contribution in [2.75, 3.05) is 6.61 Å². The van der Waals surface area contributed by atoms with Gasteiger partial charge in [0.15, 0.2) is 0 Å². The predicted octanol–water partition coefficient (Wildman–Crippen LogP) is -3.51. The van der Waals surface area contributed by atoms with E-state index in [9.17, 15) is 24.0 Å². The quantitative estimate of drug-likeness (QED) is 0.182. The Morgan fingerprint density at radius 3 is 1.84 bits per heavy atom. The van der Waals surface area contributed by atoms with E-state index in [2.05, 4.69) is 10.6 Å². The second kappa shape index (κ2) is 10.9. The van der Waals surface area contributed by atoms with Crippen molar-refractivity contribution >= 4 is 29.7 Å². The molecule has 0 aliphatic carbocycles. The van der Waals surface area contributed by atoms with E-state index in [0.717, 1.165) is 0 Å². The number of carboxylic acid groups (broad SMARTS) is 2. The van der Waals surface area contributed by atoms with Gasteiger partial charge in [0.1, 0.15) is 18.1 Å². The standard InChI is InChI=1S/C13H22N4O8/c14-6(5-18)11(22)16-7(2-4-10(20)21)12(23)17-8(13(24)25)1-3-9(15)19/h6-8,18H,1-5,14H2,(H2,15,19)(H,16,22)(H,17,23)(H,20,21)(H,24,25)/t6-,7-,8-/m0/s1. The highest BCUT2D eigenvalue weighted by molar-refractivity contribution is 5.92. The van der Waals surface area contributed by atoms with Crippen molar-refractivity contribution in [2.45, 2.75) is 43.8 Å². The average Bonchev–Trinajstić information content (AvgIpc) is 2.53. The van der Waals surface area contributed by atoms with Crippen LogP contribution in [-0.2, 0) is 24.0 Å². The molecule has 0 unspecified atom stereocenters. The predicted molar refractivity (Wildman–Crippen MR) is 81.9 cm³/mol. The van der Waals surface area contributed by atoms with Gasteiger partial charge in [0, 0.05) is 12.8 Å². The van der Waals surface area contributed by atoms with E-state index in [1.165, 1.54) is 0 Å². The molecule has 0 heterocycles. The minimum absolute atomic E-state index is 0.272. The van der Waals surface area contributed by atoms with Gasteiger partial charge in [-0.1, -0.05) is 0 Å². The molecule has 0 aliphatic rings. The lowest BCUT2D eigenvalue weighted by Crippen LogP contribution is -2.55. The second-order valence-corrected chi connectivity index (χ2v) is 5.19. The highest BCUT2D eigenvalue weighted by atomic mass is 16.4. The molecular formula is C13H22N4O8. The number of aliphatic hydroxyl groups excluding tert-OH is 1. The molecule has 3 atom stereocenters. The Bertz CT molecular complexity index is 524. The molecule has 25 heavy (non-hydrogen) atoms. The van der Waals surface area contributed by atoms with Crippen LogP contribution >= 0.6 is 0 Å². The van der Waals surface area contributed by atoms with Crippen molar-refractivity contribution < 1.29 is 39.3 Å². The molecule has 0 bridgehead atoms. The first-order valence-electron chi connectivity index (χ1n) is 7.28. The van der Waals surface area contributed by atoms with Gasteiger partial charge in [-0.15, -0.1) is 0 Å². The summed E-state index contributed by atoms with van der Waals surface area (Å²) in [6.45, 7) is -0.699. The number of carbonyl (C=O) groups excluding carboxylic acids is 3. The highest BCUT2D eigenvalue weighted by Gasteiger charge is 2.28. The summed E-state index contributed by atoms with van der Waals surface area (Å²) in [5, 5.41) is 30.8. The number of carboxylic acids is 2. The largest absolute Gasteiger partial charge is 0.481 e. The van der Waals surface area contributed by atoms with Crippen molar-refractivity contribution in [2.24, 2.45) is 11.5 Å². The van der Waals surface area contributed by atoms with E-state index < -0.39 is 60.8 Å². The Hall–Kier alpha value is -2.73. The fourth-order valence-electron chi connectivity index (χ4n) is 1.71. The summed E-state index contributed by atoms with van der Waals surface area (Å²) < 4.78 is 0. The van der Waals surface area contributed by atoms with E-state index in [4.69, 9.17) is 26.8 Å². The number of hydrogen-bond acceptors (Lipinski definition) is 7. The van der Waals surface area contributed by atoms with Crippen LogP contribution in [0.3, 0.4) is 0 Å². The maximum atomic E-state index is 12.2. The third-order valence-corrected chi connectivity index (χ3v) is 3.11. The number of amides is 3. The maximum Gasteiger partial charge on any atom is 0.326 e. The van der Waals surface area contributed by atoms with E-state index in [1.54, 1.807) is 0 Å².